The van der Waals surface area contributed by atoms with Crippen LogP contribution in [0.25, 0.3) is 11.0 Å². The largest absolute Gasteiger partial charge is 0.323 e. The summed E-state index contributed by atoms with van der Waals surface area (Å²) in [5.41, 5.74) is 3.19. The first-order valence-electron chi connectivity index (χ1n) is 6.98. The van der Waals surface area contributed by atoms with Gasteiger partial charge in [0.2, 0.25) is 5.28 Å². The first-order valence-corrected chi connectivity index (χ1v) is 7.35. The van der Waals surface area contributed by atoms with Crippen LogP contribution in [0.1, 0.15) is 18.9 Å². The van der Waals surface area contributed by atoms with Gasteiger partial charge in [-0.1, -0.05) is 18.2 Å². The molecular weight excluding hydrogens is 286 g/mol. The van der Waals surface area contributed by atoms with Gasteiger partial charge in [-0.05, 0) is 43.0 Å². The van der Waals surface area contributed by atoms with E-state index in [1.807, 2.05) is 0 Å². The second-order valence-corrected chi connectivity index (χ2v) is 5.67. The molecule has 0 spiro atoms. The smallest absolute Gasteiger partial charge is 0.226 e. The Morgan fingerprint density at radius 2 is 2.14 bits per heavy atom. The number of hydrogen-bond acceptors (Lipinski definition) is 4. The number of nitrogens with zero attached hydrogens (tertiary/aromatic N) is 4. The normalized spacial score (nSPS) is 18.0. The quantitative estimate of drug-likeness (QED) is 0.699. The highest BCUT2D eigenvalue weighted by Gasteiger charge is 2.27. The van der Waals surface area contributed by atoms with Gasteiger partial charge in [0.1, 0.15) is 5.82 Å². The molecule has 2 aromatic heterocycles. The zero-order valence-corrected chi connectivity index (χ0v) is 12.3. The molecule has 1 unspecified atom stereocenters. The molecule has 1 aromatic carbocycles. The van der Waals surface area contributed by atoms with Crippen LogP contribution in [0, 0.1) is 0 Å². The number of aromatic amines is 1. The molecule has 0 aliphatic carbocycles. The predicted octanol–water partition coefficient (Wildman–Crippen LogP) is 3.48. The number of halogens is 1. The number of aromatic nitrogens is 4. The van der Waals surface area contributed by atoms with Crippen molar-refractivity contribution in [1.82, 2.24) is 20.2 Å². The minimum atomic E-state index is 0.233. The zero-order chi connectivity index (χ0) is 14.4. The van der Waals surface area contributed by atoms with Crippen LogP contribution in [0.4, 0.5) is 11.5 Å². The van der Waals surface area contributed by atoms with E-state index in [1.54, 1.807) is 6.20 Å². The fourth-order valence-corrected chi connectivity index (χ4v) is 3.15. The van der Waals surface area contributed by atoms with Gasteiger partial charge >= 0.3 is 0 Å². The Kier molecular flexibility index (Phi) is 2.82. The molecular formula is C15H14ClN5. The van der Waals surface area contributed by atoms with E-state index < -0.39 is 0 Å². The lowest BCUT2D eigenvalue weighted by atomic mass is 9.96. The molecule has 0 fully saturated rings. The van der Waals surface area contributed by atoms with Crippen molar-refractivity contribution in [2.75, 3.05) is 4.90 Å². The lowest BCUT2D eigenvalue weighted by Crippen LogP contribution is -2.34. The topological polar surface area (TPSA) is 57.7 Å². The van der Waals surface area contributed by atoms with E-state index in [4.69, 9.17) is 11.6 Å². The monoisotopic (exact) mass is 299 g/mol. The summed E-state index contributed by atoms with van der Waals surface area (Å²) in [4.78, 5) is 10.9. The second-order valence-electron chi connectivity index (χ2n) is 5.33. The number of rotatable bonds is 1. The molecule has 3 aromatic rings. The summed E-state index contributed by atoms with van der Waals surface area (Å²) in [5, 5.41) is 8.06. The van der Waals surface area contributed by atoms with E-state index in [1.165, 1.54) is 11.3 Å². The van der Waals surface area contributed by atoms with Gasteiger partial charge in [-0.25, -0.2) is 0 Å². The van der Waals surface area contributed by atoms with Crippen LogP contribution in [-0.4, -0.2) is 26.2 Å². The Hall–Kier alpha value is -2.14. The van der Waals surface area contributed by atoms with Crippen molar-refractivity contribution in [2.45, 2.75) is 25.8 Å². The van der Waals surface area contributed by atoms with Crippen LogP contribution >= 0.6 is 11.6 Å². The van der Waals surface area contributed by atoms with E-state index in [9.17, 15) is 0 Å². The van der Waals surface area contributed by atoms with E-state index >= 15 is 0 Å². The van der Waals surface area contributed by atoms with Crippen molar-refractivity contribution in [3.8, 4) is 0 Å². The lowest BCUT2D eigenvalue weighted by molar-refractivity contribution is 0.614. The van der Waals surface area contributed by atoms with Gasteiger partial charge in [-0.2, -0.15) is 15.1 Å². The van der Waals surface area contributed by atoms with Crippen LogP contribution in [0.2, 0.25) is 5.28 Å². The van der Waals surface area contributed by atoms with Gasteiger partial charge in [0.15, 0.2) is 5.65 Å². The third-order valence-corrected chi connectivity index (χ3v) is 4.18. The van der Waals surface area contributed by atoms with Crippen LogP contribution in [-0.2, 0) is 6.42 Å². The molecule has 21 heavy (non-hydrogen) atoms. The summed E-state index contributed by atoms with van der Waals surface area (Å²) in [7, 11) is 0. The Morgan fingerprint density at radius 3 is 3.05 bits per heavy atom. The molecule has 4 rings (SSSR count). The van der Waals surface area contributed by atoms with E-state index in [0.717, 1.165) is 24.0 Å². The number of anilines is 2. The van der Waals surface area contributed by atoms with Crippen LogP contribution in [0.3, 0.4) is 0 Å². The van der Waals surface area contributed by atoms with Crippen molar-refractivity contribution in [3.05, 3.63) is 41.3 Å². The molecule has 1 N–H and O–H groups in total. The molecule has 106 valence electrons. The average Bonchev–Trinajstić information content (AvgIpc) is 2.94. The average molecular weight is 300 g/mol. The predicted molar refractivity (Wildman–Crippen MR) is 83.1 cm³/mol. The lowest BCUT2D eigenvalue weighted by Gasteiger charge is -2.36. The van der Waals surface area contributed by atoms with Gasteiger partial charge in [0, 0.05) is 11.7 Å². The molecule has 1 aliphatic heterocycles. The highest BCUT2D eigenvalue weighted by Crippen LogP contribution is 2.38. The van der Waals surface area contributed by atoms with Gasteiger partial charge < -0.3 is 4.90 Å². The number of para-hydroxylation sites is 1. The molecule has 0 bridgehead atoms. The Morgan fingerprint density at radius 1 is 1.29 bits per heavy atom. The van der Waals surface area contributed by atoms with Crippen LogP contribution < -0.4 is 4.90 Å². The van der Waals surface area contributed by atoms with Gasteiger partial charge in [0.25, 0.3) is 0 Å². The van der Waals surface area contributed by atoms with Crippen LogP contribution in [0.15, 0.2) is 30.5 Å². The van der Waals surface area contributed by atoms with E-state index in [-0.39, 0.29) is 5.28 Å². The van der Waals surface area contributed by atoms with E-state index in [0.29, 0.717) is 11.7 Å². The SMILES string of the molecule is CC1CCc2ccccc2N1c1nc(Cl)nc2[nH]ncc12. The van der Waals surface area contributed by atoms with Gasteiger partial charge in [-0.15, -0.1) is 0 Å². The molecule has 0 saturated carbocycles. The van der Waals surface area contributed by atoms with Gasteiger partial charge in [-0.3, -0.25) is 5.10 Å². The summed E-state index contributed by atoms with van der Waals surface area (Å²) in [6.45, 7) is 2.21. The number of benzene rings is 1. The van der Waals surface area contributed by atoms with Crippen molar-refractivity contribution in [2.24, 2.45) is 0 Å². The highest BCUT2D eigenvalue weighted by atomic mass is 35.5. The summed E-state index contributed by atoms with van der Waals surface area (Å²) in [6, 6.07) is 8.78. The first-order chi connectivity index (χ1) is 10.2. The minimum Gasteiger partial charge on any atom is -0.323 e. The number of hydrogen-bond donors (Lipinski definition) is 1. The molecule has 0 amide bonds. The molecule has 3 heterocycles. The molecule has 0 radical (unpaired) electrons. The fourth-order valence-electron chi connectivity index (χ4n) is 2.99. The molecule has 6 heteroatoms. The van der Waals surface area contributed by atoms with Crippen LogP contribution in [0.5, 0.6) is 0 Å². The summed E-state index contributed by atoms with van der Waals surface area (Å²) >= 11 is 6.08. The Balaban J connectivity index is 1.97. The maximum Gasteiger partial charge on any atom is 0.226 e. The highest BCUT2D eigenvalue weighted by molar-refractivity contribution is 6.28. The molecule has 1 atom stereocenters. The third-order valence-electron chi connectivity index (χ3n) is 4.01. The summed E-state index contributed by atoms with van der Waals surface area (Å²) < 4.78 is 0. The third kappa shape index (κ3) is 1.96. The Labute approximate surface area is 127 Å². The van der Waals surface area contributed by atoms with Crippen molar-refractivity contribution < 1.29 is 0 Å². The number of H-pyrrole nitrogens is 1. The number of nitrogens with one attached hydrogen (secondary N) is 1. The van der Waals surface area contributed by atoms with Crippen molar-refractivity contribution in [1.29, 1.82) is 0 Å². The maximum absolute atomic E-state index is 6.08. The summed E-state index contributed by atoms with van der Waals surface area (Å²) in [6.07, 6.45) is 3.92. The fraction of sp³-hybridized carbons (Fsp3) is 0.267. The summed E-state index contributed by atoms with van der Waals surface area (Å²) in [5.74, 6) is 0.818. The van der Waals surface area contributed by atoms with Gasteiger partial charge in [0.05, 0.1) is 11.6 Å². The molecule has 5 nitrogen and oxygen atoms in total. The molecule has 0 saturated heterocycles. The zero-order valence-electron chi connectivity index (χ0n) is 11.5. The number of aryl methyl sites for hydroxylation is 1. The first kappa shape index (κ1) is 12.6. The maximum atomic E-state index is 6.08. The standard InChI is InChI=1S/C15H14ClN5/c1-9-6-7-10-4-2-3-5-12(10)21(9)14-11-8-17-20-13(11)18-15(16)19-14/h2-5,8-9H,6-7H2,1H3,(H,17,18,19,20). The van der Waals surface area contributed by atoms with E-state index in [2.05, 4.69) is 56.3 Å². The van der Waals surface area contributed by atoms with Crippen molar-refractivity contribution in [3.63, 3.8) is 0 Å². The number of fused-ring (bicyclic) bond motifs is 2. The second kappa shape index (κ2) is 4.70. The minimum absolute atomic E-state index is 0.233. The molecule has 1 aliphatic rings. The van der Waals surface area contributed by atoms with Crippen molar-refractivity contribution >= 4 is 34.1 Å². The Bertz CT molecular complexity index is 813.